The molecule has 0 spiro atoms. The van der Waals surface area contributed by atoms with Gasteiger partial charge in [-0.15, -0.1) is 24.0 Å². The van der Waals surface area contributed by atoms with Crippen LogP contribution in [0.5, 0.6) is 0 Å². The van der Waals surface area contributed by atoms with Gasteiger partial charge >= 0.3 is 0 Å². The van der Waals surface area contributed by atoms with Gasteiger partial charge < -0.3 is 11.1 Å². The maximum Gasteiger partial charge on any atom is 0.193 e. The second kappa shape index (κ2) is 8.84. The minimum absolute atomic E-state index is 0. The number of nitrogens with one attached hydrogen (secondary N) is 1. The second-order valence-electron chi connectivity index (χ2n) is 5.76. The molecular weight excluding hydrogens is 427 g/mol. The average molecular weight is 452 g/mol. The fourth-order valence-electron chi connectivity index (χ4n) is 2.52. The predicted octanol–water partition coefficient (Wildman–Crippen LogP) is 1.38. The zero-order chi connectivity index (χ0) is 16.2. The van der Waals surface area contributed by atoms with Crippen LogP contribution >= 0.6 is 24.0 Å². The van der Waals surface area contributed by atoms with Crippen LogP contribution in [0.4, 0.5) is 5.69 Å². The standard InChI is InChI=1S/C15H24N4O2S.HI/c1-12-9-13(2)11-14(10-12)18-15(16)17-3-4-19-5-7-22(20,21)8-6-19;/h9-11H,3-8H2,1-2H3,(H3,16,17,18);1H. The molecule has 0 aromatic heterocycles. The highest BCUT2D eigenvalue weighted by atomic mass is 127. The number of rotatable bonds is 4. The Hall–Kier alpha value is -0.870. The Morgan fingerprint density at radius 2 is 1.78 bits per heavy atom. The van der Waals surface area contributed by atoms with Crippen molar-refractivity contribution < 1.29 is 8.42 Å². The molecule has 1 fully saturated rings. The van der Waals surface area contributed by atoms with Crippen LogP contribution in [0, 0.1) is 13.8 Å². The topological polar surface area (TPSA) is 87.8 Å². The fraction of sp³-hybridized carbons (Fsp3) is 0.533. The predicted molar refractivity (Wildman–Crippen MR) is 107 cm³/mol. The molecule has 23 heavy (non-hydrogen) atoms. The highest BCUT2D eigenvalue weighted by Crippen LogP contribution is 2.13. The van der Waals surface area contributed by atoms with E-state index in [9.17, 15) is 8.42 Å². The lowest BCUT2D eigenvalue weighted by molar-refractivity contribution is 0.304. The third kappa shape index (κ3) is 7.05. The van der Waals surface area contributed by atoms with Crippen LogP contribution in [0.25, 0.3) is 0 Å². The first kappa shape index (κ1) is 20.2. The summed E-state index contributed by atoms with van der Waals surface area (Å²) in [5, 5.41) is 3.09. The molecule has 1 saturated heterocycles. The van der Waals surface area contributed by atoms with Gasteiger partial charge in [0.1, 0.15) is 0 Å². The highest BCUT2D eigenvalue weighted by Gasteiger charge is 2.20. The van der Waals surface area contributed by atoms with Crippen molar-refractivity contribution in [2.45, 2.75) is 13.8 Å². The van der Waals surface area contributed by atoms with Crippen molar-refractivity contribution in [1.29, 1.82) is 0 Å². The molecule has 2 rings (SSSR count). The summed E-state index contributed by atoms with van der Waals surface area (Å²) >= 11 is 0. The number of hydrogen-bond acceptors (Lipinski definition) is 4. The Labute approximate surface area is 155 Å². The quantitative estimate of drug-likeness (QED) is 0.410. The number of guanidine groups is 1. The van der Waals surface area contributed by atoms with E-state index in [1.807, 2.05) is 26.0 Å². The third-order valence-corrected chi connectivity index (χ3v) is 5.24. The summed E-state index contributed by atoms with van der Waals surface area (Å²) in [6, 6.07) is 6.14. The number of sulfone groups is 1. The van der Waals surface area contributed by atoms with E-state index < -0.39 is 9.84 Å². The van der Waals surface area contributed by atoms with E-state index in [4.69, 9.17) is 5.73 Å². The molecule has 0 amide bonds. The van der Waals surface area contributed by atoms with Gasteiger partial charge in [-0.2, -0.15) is 0 Å². The highest BCUT2D eigenvalue weighted by molar-refractivity contribution is 14.0. The number of nitrogens with two attached hydrogens (primary N) is 1. The maximum atomic E-state index is 11.4. The number of hydrogen-bond donors (Lipinski definition) is 2. The van der Waals surface area contributed by atoms with Crippen LogP contribution in [0.1, 0.15) is 11.1 Å². The number of halogens is 1. The molecule has 130 valence electrons. The minimum atomic E-state index is -2.82. The van der Waals surface area contributed by atoms with Crippen LogP contribution < -0.4 is 11.1 Å². The van der Waals surface area contributed by atoms with Crippen molar-refractivity contribution in [2.24, 2.45) is 10.7 Å². The van der Waals surface area contributed by atoms with Crippen molar-refractivity contribution in [2.75, 3.05) is 43.0 Å². The number of nitrogens with zero attached hydrogens (tertiary/aromatic N) is 2. The monoisotopic (exact) mass is 452 g/mol. The van der Waals surface area contributed by atoms with Gasteiger partial charge in [-0.3, -0.25) is 9.89 Å². The molecule has 0 saturated carbocycles. The van der Waals surface area contributed by atoms with Gasteiger partial charge in [0.05, 0.1) is 18.1 Å². The molecule has 1 aliphatic rings. The zero-order valence-corrected chi connectivity index (χ0v) is 16.7. The Morgan fingerprint density at radius 3 is 2.35 bits per heavy atom. The molecule has 0 unspecified atom stereocenters. The van der Waals surface area contributed by atoms with Crippen LogP contribution in [0.3, 0.4) is 0 Å². The van der Waals surface area contributed by atoms with Crippen LogP contribution in [0.15, 0.2) is 23.2 Å². The fourth-order valence-corrected chi connectivity index (χ4v) is 3.80. The molecule has 0 radical (unpaired) electrons. The lowest BCUT2D eigenvalue weighted by atomic mass is 10.1. The summed E-state index contributed by atoms with van der Waals surface area (Å²) in [4.78, 5) is 6.41. The Bertz CT molecular complexity index is 627. The summed E-state index contributed by atoms with van der Waals surface area (Å²) in [6.07, 6.45) is 0. The molecular formula is C15H25IN4O2S. The van der Waals surface area contributed by atoms with Crippen LogP contribution in [0.2, 0.25) is 0 Å². The minimum Gasteiger partial charge on any atom is -0.370 e. The van der Waals surface area contributed by atoms with Crippen LogP contribution in [-0.4, -0.2) is 57.0 Å². The number of aryl methyl sites for hydroxylation is 2. The molecule has 8 heteroatoms. The van der Waals surface area contributed by atoms with Gasteiger partial charge in [0.2, 0.25) is 0 Å². The molecule has 0 aliphatic carbocycles. The van der Waals surface area contributed by atoms with Gasteiger partial charge in [0.15, 0.2) is 15.8 Å². The molecule has 0 bridgehead atoms. The summed E-state index contributed by atoms with van der Waals surface area (Å²) < 4.78 is 22.7. The Balaban J connectivity index is 0.00000264. The Morgan fingerprint density at radius 1 is 1.22 bits per heavy atom. The average Bonchev–Trinajstić information content (AvgIpc) is 2.39. The summed E-state index contributed by atoms with van der Waals surface area (Å²) in [5.41, 5.74) is 9.16. The Kier molecular flexibility index (Phi) is 7.75. The van der Waals surface area contributed by atoms with Gasteiger partial charge in [0, 0.05) is 25.3 Å². The van der Waals surface area contributed by atoms with Crippen molar-refractivity contribution in [3.05, 3.63) is 29.3 Å². The van der Waals surface area contributed by atoms with Crippen molar-refractivity contribution in [3.8, 4) is 0 Å². The molecule has 1 aromatic rings. The van der Waals surface area contributed by atoms with E-state index >= 15 is 0 Å². The number of anilines is 1. The van der Waals surface area contributed by atoms with Gasteiger partial charge in [0.25, 0.3) is 0 Å². The van der Waals surface area contributed by atoms with E-state index in [0.717, 1.165) is 12.2 Å². The van der Waals surface area contributed by atoms with E-state index in [-0.39, 0.29) is 35.5 Å². The second-order valence-corrected chi connectivity index (χ2v) is 8.07. The van der Waals surface area contributed by atoms with Gasteiger partial charge in [-0.1, -0.05) is 6.07 Å². The van der Waals surface area contributed by atoms with Crippen LogP contribution in [-0.2, 0) is 9.84 Å². The first-order chi connectivity index (χ1) is 10.3. The largest absolute Gasteiger partial charge is 0.370 e. The molecule has 0 atom stereocenters. The van der Waals surface area contributed by atoms with Gasteiger partial charge in [-0.25, -0.2) is 8.42 Å². The van der Waals surface area contributed by atoms with Crippen molar-refractivity contribution in [1.82, 2.24) is 4.90 Å². The lowest BCUT2D eigenvalue weighted by Gasteiger charge is -2.25. The van der Waals surface area contributed by atoms with Crippen molar-refractivity contribution >= 4 is 45.5 Å². The first-order valence-corrected chi connectivity index (χ1v) is 9.24. The number of benzene rings is 1. The third-order valence-electron chi connectivity index (χ3n) is 3.63. The summed E-state index contributed by atoms with van der Waals surface area (Å²) in [5.74, 6) is 0.870. The zero-order valence-electron chi connectivity index (χ0n) is 13.6. The summed E-state index contributed by atoms with van der Waals surface area (Å²) in [7, 11) is -2.82. The lowest BCUT2D eigenvalue weighted by Crippen LogP contribution is -2.41. The molecule has 1 aliphatic heterocycles. The van der Waals surface area contributed by atoms with E-state index in [1.165, 1.54) is 11.1 Å². The molecule has 1 aromatic carbocycles. The van der Waals surface area contributed by atoms with Crippen molar-refractivity contribution in [3.63, 3.8) is 0 Å². The van der Waals surface area contributed by atoms with E-state index in [0.29, 0.717) is 25.6 Å². The first-order valence-electron chi connectivity index (χ1n) is 7.42. The number of aliphatic imine (C=N–C) groups is 1. The summed E-state index contributed by atoms with van der Waals surface area (Å²) in [6.45, 7) is 6.53. The molecule has 6 nitrogen and oxygen atoms in total. The normalized spacial score (nSPS) is 18.3. The van der Waals surface area contributed by atoms with Gasteiger partial charge in [-0.05, 0) is 37.1 Å². The SMILES string of the molecule is Cc1cc(C)cc(NC(N)=NCCN2CCS(=O)(=O)CC2)c1.I. The smallest absolute Gasteiger partial charge is 0.193 e. The van der Waals surface area contributed by atoms with E-state index in [1.54, 1.807) is 0 Å². The van der Waals surface area contributed by atoms with E-state index in [2.05, 4.69) is 21.3 Å². The molecule has 3 N–H and O–H groups in total. The maximum absolute atomic E-state index is 11.4. The molecule has 1 heterocycles.